The molecule has 0 N–H and O–H groups in total. The van der Waals surface area contributed by atoms with Crippen LogP contribution >= 0.6 is 0 Å². The highest BCUT2D eigenvalue weighted by molar-refractivity contribution is 5.85. The molecule has 5 rings (SSSR count). The Morgan fingerprint density at radius 3 is 2.52 bits per heavy atom. The number of ether oxygens (including phenoxy) is 2. The standard InChI is InChI=1S/C26H33N5O2/c1-3-20-15-21(30-18(2)29-20)14-19-4-6-23(7-5-19)33-25-17-22(31-10-12-32-13-11-31)16-24-26(25)28-9-8-27-24/h8-9,15-17,19,23H,3-7,10-14H2,1-2H3. The van der Waals surface area contributed by atoms with Gasteiger partial charge in [0.25, 0.3) is 0 Å². The van der Waals surface area contributed by atoms with Gasteiger partial charge in [-0.1, -0.05) is 6.92 Å². The maximum absolute atomic E-state index is 6.57. The van der Waals surface area contributed by atoms with Crippen molar-refractivity contribution < 1.29 is 9.47 Å². The number of morpholine rings is 1. The molecule has 0 atom stereocenters. The second kappa shape index (κ2) is 10.00. The summed E-state index contributed by atoms with van der Waals surface area (Å²) >= 11 is 0. The van der Waals surface area contributed by atoms with E-state index in [2.05, 4.69) is 50.0 Å². The molecule has 1 aliphatic carbocycles. The molecule has 2 fully saturated rings. The van der Waals surface area contributed by atoms with E-state index in [1.165, 1.54) is 5.69 Å². The summed E-state index contributed by atoms with van der Waals surface area (Å²) in [6.45, 7) is 7.42. The number of rotatable bonds is 6. The Hall–Kier alpha value is -2.80. The van der Waals surface area contributed by atoms with E-state index in [4.69, 9.17) is 9.47 Å². The summed E-state index contributed by atoms with van der Waals surface area (Å²) in [4.78, 5) is 20.7. The molecule has 0 radical (unpaired) electrons. The number of aromatic nitrogens is 4. The molecule has 1 aromatic carbocycles. The van der Waals surface area contributed by atoms with Crippen LogP contribution in [-0.2, 0) is 17.6 Å². The summed E-state index contributed by atoms with van der Waals surface area (Å²) in [7, 11) is 0. The average Bonchev–Trinajstić information content (AvgIpc) is 2.85. The lowest BCUT2D eigenvalue weighted by atomic mass is 9.84. The Morgan fingerprint density at radius 2 is 1.73 bits per heavy atom. The zero-order valence-electron chi connectivity index (χ0n) is 19.7. The molecule has 174 valence electrons. The number of anilines is 1. The van der Waals surface area contributed by atoms with Gasteiger partial charge < -0.3 is 14.4 Å². The van der Waals surface area contributed by atoms with Crippen molar-refractivity contribution in [2.45, 2.75) is 58.5 Å². The quantitative estimate of drug-likeness (QED) is 0.557. The van der Waals surface area contributed by atoms with E-state index < -0.39 is 0 Å². The van der Waals surface area contributed by atoms with Crippen LogP contribution in [0.2, 0.25) is 0 Å². The molecule has 3 aromatic rings. The fourth-order valence-corrected chi connectivity index (χ4v) is 5.04. The molecule has 2 aliphatic rings. The van der Waals surface area contributed by atoms with Crippen molar-refractivity contribution in [1.82, 2.24) is 19.9 Å². The maximum atomic E-state index is 6.57. The number of fused-ring (bicyclic) bond motifs is 1. The first-order valence-electron chi connectivity index (χ1n) is 12.3. The summed E-state index contributed by atoms with van der Waals surface area (Å²) < 4.78 is 12.1. The van der Waals surface area contributed by atoms with Crippen LogP contribution in [0.3, 0.4) is 0 Å². The van der Waals surface area contributed by atoms with Gasteiger partial charge in [-0.2, -0.15) is 0 Å². The number of hydrogen-bond donors (Lipinski definition) is 0. The summed E-state index contributed by atoms with van der Waals surface area (Å²) in [6.07, 6.45) is 10.1. The van der Waals surface area contributed by atoms with E-state index in [1.807, 2.05) is 6.92 Å². The Balaban J connectivity index is 1.26. The second-order valence-electron chi connectivity index (χ2n) is 9.18. The average molecular weight is 448 g/mol. The monoisotopic (exact) mass is 447 g/mol. The lowest BCUT2D eigenvalue weighted by Crippen LogP contribution is -2.36. The normalized spacial score (nSPS) is 21.3. The lowest BCUT2D eigenvalue weighted by molar-refractivity contribution is 0.122. The summed E-state index contributed by atoms with van der Waals surface area (Å²) in [5.41, 5.74) is 5.20. The van der Waals surface area contributed by atoms with Gasteiger partial charge in [-0.05, 0) is 63.5 Å². The van der Waals surface area contributed by atoms with Gasteiger partial charge in [-0.15, -0.1) is 0 Å². The van der Waals surface area contributed by atoms with Crippen LogP contribution < -0.4 is 9.64 Å². The third kappa shape index (κ3) is 5.24. The SMILES string of the molecule is CCc1cc(CC2CCC(Oc3cc(N4CCOCC4)cc4nccnc34)CC2)nc(C)n1. The van der Waals surface area contributed by atoms with Gasteiger partial charge in [0.05, 0.1) is 24.8 Å². The van der Waals surface area contributed by atoms with E-state index in [0.29, 0.717) is 5.92 Å². The zero-order valence-corrected chi connectivity index (χ0v) is 19.7. The second-order valence-corrected chi connectivity index (χ2v) is 9.18. The van der Waals surface area contributed by atoms with Gasteiger partial charge in [0, 0.05) is 48.6 Å². The largest absolute Gasteiger partial charge is 0.488 e. The first-order chi connectivity index (χ1) is 16.2. The van der Waals surface area contributed by atoms with Crippen molar-refractivity contribution in [3.63, 3.8) is 0 Å². The molecular formula is C26H33N5O2. The van der Waals surface area contributed by atoms with Gasteiger partial charge in [-0.25, -0.2) is 15.0 Å². The minimum absolute atomic E-state index is 0.213. The molecule has 7 nitrogen and oxygen atoms in total. The molecule has 0 unspecified atom stereocenters. The van der Waals surface area contributed by atoms with E-state index in [9.17, 15) is 0 Å². The Labute approximate surface area is 195 Å². The highest BCUT2D eigenvalue weighted by atomic mass is 16.5. The number of benzene rings is 1. The number of aryl methyl sites for hydroxylation is 2. The molecule has 1 saturated carbocycles. The van der Waals surface area contributed by atoms with Crippen LogP contribution in [0.1, 0.15) is 49.8 Å². The zero-order chi connectivity index (χ0) is 22.6. The molecule has 2 aromatic heterocycles. The minimum atomic E-state index is 0.213. The van der Waals surface area contributed by atoms with Crippen LogP contribution in [0, 0.1) is 12.8 Å². The van der Waals surface area contributed by atoms with E-state index in [-0.39, 0.29) is 6.10 Å². The highest BCUT2D eigenvalue weighted by Gasteiger charge is 2.25. The Bertz CT molecular complexity index is 1090. The number of nitrogens with zero attached hydrogens (tertiary/aromatic N) is 5. The molecule has 7 heteroatoms. The maximum Gasteiger partial charge on any atom is 0.149 e. The molecular weight excluding hydrogens is 414 g/mol. The summed E-state index contributed by atoms with van der Waals surface area (Å²) in [5, 5.41) is 0. The van der Waals surface area contributed by atoms with Gasteiger partial charge in [0.1, 0.15) is 17.1 Å². The van der Waals surface area contributed by atoms with Gasteiger partial charge in [-0.3, -0.25) is 4.98 Å². The van der Waals surface area contributed by atoms with Crippen LogP contribution in [0.5, 0.6) is 5.75 Å². The van der Waals surface area contributed by atoms with Crippen LogP contribution in [0.4, 0.5) is 5.69 Å². The predicted octanol–water partition coefficient (Wildman–Crippen LogP) is 4.31. The van der Waals surface area contributed by atoms with Crippen molar-refractivity contribution >= 4 is 16.7 Å². The van der Waals surface area contributed by atoms with E-state index >= 15 is 0 Å². The topological polar surface area (TPSA) is 73.3 Å². The first-order valence-corrected chi connectivity index (χ1v) is 12.3. The smallest absolute Gasteiger partial charge is 0.149 e. The lowest BCUT2D eigenvalue weighted by Gasteiger charge is -2.31. The fraction of sp³-hybridized carbons (Fsp3) is 0.538. The Morgan fingerprint density at radius 1 is 0.970 bits per heavy atom. The summed E-state index contributed by atoms with van der Waals surface area (Å²) in [5.74, 6) is 2.39. The molecule has 3 heterocycles. The summed E-state index contributed by atoms with van der Waals surface area (Å²) in [6, 6.07) is 6.44. The van der Waals surface area contributed by atoms with Crippen molar-refractivity contribution in [2.75, 3.05) is 31.2 Å². The van der Waals surface area contributed by atoms with Crippen molar-refractivity contribution in [1.29, 1.82) is 0 Å². The molecule has 0 spiro atoms. The molecule has 0 bridgehead atoms. The molecule has 0 amide bonds. The van der Waals surface area contributed by atoms with Crippen LogP contribution in [0.25, 0.3) is 11.0 Å². The third-order valence-corrected chi connectivity index (χ3v) is 6.79. The van der Waals surface area contributed by atoms with Gasteiger partial charge in [0.15, 0.2) is 0 Å². The van der Waals surface area contributed by atoms with E-state index in [1.54, 1.807) is 12.4 Å². The Kier molecular flexibility index (Phi) is 6.67. The highest BCUT2D eigenvalue weighted by Crippen LogP contribution is 2.34. The van der Waals surface area contributed by atoms with Crippen LogP contribution in [0.15, 0.2) is 30.6 Å². The van der Waals surface area contributed by atoms with Gasteiger partial charge >= 0.3 is 0 Å². The molecule has 33 heavy (non-hydrogen) atoms. The number of hydrogen-bond acceptors (Lipinski definition) is 7. The third-order valence-electron chi connectivity index (χ3n) is 6.79. The predicted molar refractivity (Wildman–Crippen MR) is 129 cm³/mol. The first kappa shape index (κ1) is 22.0. The van der Waals surface area contributed by atoms with Crippen molar-refractivity contribution in [3.8, 4) is 5.75 Å². The van der Waals surface area contributed by atoms with Crippen LogP contribution in [-0.4, -0.2) is 52.3 Å². The van der Waals surface area contributed by atoms with Gasteiger partial charge in [0.2, 0.25) is 0 Å². The van der Waals surface area contributed by atoms with E-state index in [0.717, 1.165) is 98.8 Å². The minimum Gasteiger partial charge on any atom is -0.488 e. The van der Waals surface area contributed by atoms with Crippen molar-refractivity contribution in [3.05, 3.63) is 47.8 Å². The molecule has 1 saturated heterocycles. The molecule has 1 aliphatic heterocycles. The fourth-order valence-electron chi connectivity index (χ4n) is 5.04. The van der Waals surface area contributed by atoms with Crippen molar-refractivity contribution in [2.24, 2.45) is 5.92 Å².